The SMILES string of the molecule is CCC(C)C(C)(O)C1CCOC2(CCOCC2)C1. The van der Waals surface area contributed by atoms with Crippen LogP contribution in [0.4, 0.5) is 0 Å². The van der Waals surface area contributed by atoms with Crippen molar-refractivity contribution in [3.63, 3.8) is 0 Å². The van der Waals surface area contributed by atoms with E-state index in [1.165, 1.54) is 0 Å². The molecule has 0 radical (unpaired) electrons. The van der Waals surface area contributed by atoms with Gasteiger partial charge in [0.25, 0.3) is 0 Å². The van der Waals surface area contributed by atoms with E-state index in [9.17, 15) is 5.11 Å². The topological polar surface area (TPSA) is 38.7 Å². The van der Waals surface area contributed by atoms with Crippen LogP contribution in [0.1, 0.15) is 52.9 Å². The van der Waals surface area contributed by atoms with Crippen LogP contribution in [0.15, 0.2) is 0 Å². The molecule has 0 aliphatic carbocycles. The lowest BCUT2D eigenvalue weighted by Crippen LogP contribution is -2.51. The quantitative estimate of drug-likeness (QED) is 0.844. The fourth-order valence-electron chi connectivity index (χ4n) is 3.43. The van der Waals surface area contributed by atoms with Gasteiger partial charge in [-0.1, -0.05) is 20.3 Å². The lowest BCUT2D eigenvalue weighted by Gasteiger charge is -2.48. The zero-order chi connectivity index (χ0) is 13.2. The molecule has 1 spiro atoms. The molecule has 2 fully saturated rings. The van der Waals surface area contributed by atoms with Gasteiger partial charge in [-0.25, -0.2) is 0 Å². The minimum Gasteiger partial charge on any atom is -0.390 e. The highest BCUT2D eigenvalue weighted by Gasteiger charge is 2.46. The van der Waals surface area contributed by atoms with E-state index in [0.29, 0.717) is 11.8 Å². The number of hydrogen-bond acceptors (Lipinski definition) is 3. The van der Waals surface area contributed by atoms with Crippen LogP contribution in [0, 0.1) is 11.8 Å². The van der Waals surface area contributed by atoms with Gasteiger partial charge in [-0.15, -0.1) is 0 Å². The Morgan fingerprint density at radius 1 is 1.33 bits per heavy atom. The fourth-order valence-corrected chi connectivity index (χ4v) is 3.43. The smallest absolute Gasteiger partial charge is 0.0730 e. The molecule has 3 heteroatoms. The molecule has 2 aliphatic rings. The Kier molecular flexibility index (Phi) is 4.35. The number of hydrogen-bond donors (Lipinski definition) is 1. The molecule has 0 amide bonds. The van der Waals surface area contributed by atoms with Gasteiger partial charge in [0.1, 0.15) is 0 Å². The van der Waals surface area contributed by atoms with Crippen LogP contribution in [0.2, 0.25) is 0 Å². The van der Waals surface area contributed by atoms with Crippen LogP contribution in [0.25, 0.3) is 0 Å². The second-order valence-corrected chi connectivity index (χ2v) is 6.37. The van der Waals surface area contributed by atoms with Crippen LogP contribution in [-0.2, 0) is 9.47 Å². The van der Waals surface area contributed by atoms with E-state index in [4.69, 9.17) is 9.47 Å². The molecule has 0 aromatic heterocycles. The molecule has 2 saturated heterocycles. The third-order valence-electron chi connectivity index (χ3n) is 5.33. The summed E-state index contributed by atoms with van der Waals surface area (Å²) < 4.78 is 11.5. The Labute approximate surface area is 111 Å². The molecule has 0 saturated carbocycles. The van der Waals surface area contributed by atoms with Crippen molar-refractivity contribution in [1.82, 2.24) is 0 Å². The Bertz CT molecular complexity index is 263. The minimum absolute atomic E-state index is 0.0153. The molecule has 2 rings (SSSR count). The van der Waals surface area contributed by atoms with E-state index in [1.807, 2.05) is 6.92 Å². The standard InChI is InChI=1S/C15H28O3/c1-4-12(2)14(3,16)13-5-8-18-15(11-13)6-9-17-10-7-15/h12-13,16H,4-11H2,1-3H3. The van der Waals surface area contributed by atoms with Crippen LogP contribution >= 0.6 is 0 Å². The summed E-state index contributed by atoms with van der Waals surface area (Å²) in [6, 6.07) is 0. The predicted molar refractivity (Wildman–Crippen MR) is 71.5 cm³/mol. The molecule has 0 aromatic carbocycles. The molecule has 3 atom stereocenters. The molecular formula is C15H28O3. The van der Waals surface area contributed by atoms with Gasteiger partial charge < -0.3 is 14.6 Å². The van der Waals surface area contributed by atoms with Gasteiger partial charge in [-0.05, 0) is 44.4 Å². The lowest BCUT2D eigenvalue weighted by atomic mass is 9.69. The average molecular weight is 256 g/mol. The third kappa shape index (κ3) is 2.73. The largest absolute Gasteiger partial charge is 0.390 e. The summed E-state index contributed by atoms with van der Waals surface area (Å²) in [6.45, 7) is 8.73. The maximum absolute atomic E-state index is 10.8. The molecule has 2 aliphatic heterocycles. The average Bonchev–Trinajstić information content (AvgIpc) is 2.38. The van der Waals surface area contributed by atoms with E-state index in [2.05, 4.69) is 13.8 Å². The van der Waals surface area contributed by atoms with Crippen LogP contribution in [0.3, 0.4) is 0 Å². The maximum atomic E-state index is 10.8. The summed E-state index contributed by atoms with van der Waals surface area (Å²) in [4.78, 5) is 0. The molecule has 106 valence electrons. The summed E-state index contributed by atoms with van der Waals surface area (Å²) in [5.41, 5.74) is -0.581. The molecule has 18 heavy (non-hydrogen) atoms. The first-order chi connectivity index (χ1) is 8.50. The van der Waals surface area contributed by atoms with Crippen molar-refractivity contribution < 1.29 is 14.6 Å². The van der Waals surface area contributed by atoms with Crippen LogP contribution < -0.4 is 0 Å². The molecule has 3 nitrogen and oxygen atoms in total. The maximum Gasteiger partial charge on any atom is 0.0730 e. The summed E-state index contributed by atoms with van der Waals surface area (Å²) in [6.07, 6.45) is 4.98. The molecular weight excluding hydrogens is 228 g/mol. The van der Waals surface area contributed by atoms with Crippen molar-refractivity contribution in [2.45, 2.75) is 64.1 Å². The second kappa shape index (κ2) is 5.48. The molecule has 0 aromatic rings. The van der Waals surface area contributed by atoms with Crippen molar-refractivity contribution >= 4 is 0 Å². The van der Waals surface area contributed by atoms with Gasteiger partial charge >= 0.3 is 0 Å². The number of ether oxygens (including phenoxy) is 2. The molecule has 0 bridgehead atoms. The highest BCUT2D eigenvalue weighted by molar-refractivity contribution is 4.96. The third-order valence-corrected chi connectivity index (χ3v) is 5.33. The lowest BCUT2D eigenvalue weighted by molar-refractivity contribution is -0.180. The predicted octanol–water partition coefficient (Wildman–Crippen LogP) is 2.76. The van der Waals surface area contributed by atoms with Crippen molar-refractivity contribution in [3.8, 4) is 0 Å². The molecule has 2 heterocycles. The summed E-state index contributed by atoms with van der Waals surface area (Å²) in [5.74, 6) is 0.705. The Hall–Kier alpha value is -0.120. The first kappa shape index (κ1) is 14.3. The normalized spacial score (nSPS) is 33.0. The zero-order valence-corrected chi connectivity index (χ0v) is 12.1. The summed E-state index contributed by atoms with van der Waals surface area (Å²) in [5, 5.41) is 10.8. The highest BCUT2D eigenvalue weighted by atomic mass is 16.5. The first-order valence-electron chi connectivity index (χ1n) is 7.44. The van der Waals surface area contributed by atoms with Crippen LogP contribution in [0.5, 0.6) is 0 Å². The molecule has 1 N–H and O–H groups in total. The Balaban J connectivity index is 2.06. The first-order valence-corrected chi connectivity index (χ1v) is 7.44. The molecule has 3 unspecified atom stereocenters. The van der Waals surface area contributed by atoms with Gasteiger partial charge in [0.2, 0.25) is 0 Å². The van der Waals surface area contributed by atoms with E-state index in [1.54, 1.807) is 0 Å². The van der Waals surface area contributed by atoms with Crippen molar-refractivity contribution in [3.05, 3.63) is 0 Å². The van der Waals surface area contributed by atoms with Gasteiger partial charge in [-0.2, -0.15) is 0 Å². The fraction of sp³-hybridized carbons (Fsp3) is 1.00. The van der Waals surface area contributed by atoms with Gasteiger partial charge in [0.05, 0.1) is 11.2 Å². The van der Waals surface area contributed by atoms with Crippen molar-refractivity contribution in [2.24, 2.45) is 11.8 Å². The van der Waals surface area contributed by atoms with Crippen LogP contribution in [-0.4, -0.2) is 36.1 Å². The number of aliphatic hydroxyl groups is 1. The summed E-state index contributed by atoms with van der Waals surface area (Å²) in [7, 11) is 0. The van der Waals surface area contributed by atoms with Crippen molar-refractivity contribution in [1.29, 1.82) is 0 Å². The number of rotatable bonds is 3. The Morgan fingerprint density at radius 2 is 2.00 bits per heavy atom. The zero-order valence-electron chi connectivity index (χ0n) is 12.1. The second-order valence-electron chi connectivity index (χ2n) is 6.37. The summed E-state index contributed by atoms with van der Waals surface area (Å²) >= 11 is 0. The highest BCUT2D eigenvalue weighted by Crippen LogP contribution is 2.43. The van der Waals surface area contributed by atoms with E-state index in [0.717, 1.165) is 51.9 Å². The van der Waals surface area contributed by atoms with E-state index < -0.39 is 5.60 Å². The van der Waals surface area contributed by atoms with Gasteiger partial charge in [0, 0.05) is 19.8 Å². The van der Waals surface area contributed by atoms with Gasteiger partial charge in [0.15, 0.2) is 0 Å². The van der Waals surface area contributed by atoms with Crippen molar-refractivity contribution in [2.75, 3.05) is 19.8 Å². The monoisotopic (exact) mass is 256 g/mol. The van der Waals surface area contributed by atoms with E-state index in [-0.39, 0.29) is 5.60 Å². The minimum atomic E-state index is -0.566. The Morgan fingerprint density at radius 3 is 2.61 bits per heavy atom. The van der Waals surface area contributed by atoms with Gasteiger partial charge in [-0.3, -0.25) is 0 Å². The van der Waals surface area contributed by atoms with E-state index >= 15 is 0 Å².